The number of halogens is 1. The van der Waals surface area contributed by atoms with Crippen molar-refractivity contribution in [1.82, 2.24) is 10.2 Å². The van der Waals surface area contributed by atoms with Gasteiger partial charge < -0.3 is 15.5 Å². The Bertz CT molecular complexity index is 1080. The minimum Gasteiger partial charge on any atom is -0.345 e. The summed E-state index contributed by atoms with van der Waals surface area (Å²) in [5.41, 5.74) is 2.37. The molecule has 0 aliphatic rings. The Morgan fingerprint density at radius 2 is 1.44 bits per heavy atom. The Balaban J connectivity index is 1.76. The maximum Gasteiger partial charge on any atom is 0.253 e. The maximum absolute atomic E-state index is 13.0. The third-order valence-corrected chi connectivity index (χ3v) is 5.07. The monoisotopic (exact) mass is 449 g/mol. The van der Waals surface area contributed by atoms with Gasteiger partial charge in [0.05, 0.1) is 0 Å². The third-order valence-electron chi connectivity index (χ3n) is 4.82. The Hall–Kier alpha value is -3.64. The highest BCUT2D eigenvalue weighted by molar-refractivity contribution is 6.30. The largest absolute Gasteiger partial charge is 0.345 e. The SMILES string of the molecule is CN(C)C(=O)c1ccc(NC(=O)C(Cc2ccccc2)NC(=O)c2ccc(Cl)cc2)cc1. The van der Waals surface area contributed by atoms with Crippen LogP contribution in [-0.2, 0) is 11.2 Å². The highest BCUT2D eigenvalue weighted by atomic mass is 35.5. The van der Waals surface area contributed by atoms with E-state index < -0.39 is 6.04 Å². The van der Waals surface area contributed by atoms with Crippen LogP contribution in [0.5, 0.6) is 0 Å². The molecule has 0 heterocycles. The first-order valence-corrected chi connectivity index (χ1v) is 10.4. The molecule has 0 aliphatic carbocycles. The van der Waals surface area contributed by atoms with Gasteiger partial charge in [-0.2, -0.15) is 0 Å². The average Bonchev–Trinajstić information content (AvgIpc) is 2.79. The summed E-state index contributed by atoms with van der Waals surface area (Å²) < 4.78 is 0. The summed E-state index contributed by atoms with van der Waals surface area (Å²) in [5.74, 6) is -0.854. The van der Waals surface area contributed by atoms with Crippen molar-refractivity contribution in [2.45, 2.75) is 12.5 Å². The van der Waals surface area contributed by atoms with Crippen molar-refractivity contribution in [1.29, 1.82) is 0 Å². The molecule has 32 heavy (non-hydrogen) atoms. The zero-order valence-electron chi connectivity index (χ0n) is 17.8. The first-order chi connectivity index (χ1) is 15.3. The van der Waals surface area contributed by atoms with Crippen LogP contribution < -0.4 is 10.6 Å². The lowest BCUT2D eigenvalue weighted by atomic mass is 10.0. The van der Waals surface area contributed by atoms with Crippen molar-refractivity contribution >= 4 is 35.0 Å². The van der Waals surface area contributed by atoms with Gasteiger partial charge in [0.2, 0.25) is 5.91 Å². The van der Waals surface area contributed by atoms with E-state index in [0.717, 1.165) is 5.56 Å². The summed E-state index contributed by atoms with van der Waals surface area (Å²) in [6, 6.07) is 21.7. The molecule has 7 heteroatoms. The molecule has 0 saturated carbocycles. The number of carbonyl (C=O) groups is 3. The highest BCUT2D eigenvalue weighted by Crippen LogP contribution is 2.14. The molecule has 0 fully saturated rings. The molecule has 164 valence electrons. The van der Waals surface area contributed by atoms with Crippen LogP contribution in [0.2, 0.25) is 5.02 Å². The molecule has 0 saturated heterocycles. The van der Waals surface area contributed by atoms with Gasteiger partial charge in [0.15, 0.2) is 0 Å². The zero-order valence-corrected chi connectivity index (χ0v) is 18.6. The molecule has 0 aliphatic heterocycles. The minimum absolute atomic E-state index is 0.125. The average molecular weight is 450 g/mol. The standard InChI is InChI=1S/C25H24ClN3O3/c1-29(2)25(32)19-10-14-21(15-11-19)27-24(31)22(16-17-6-4-3-5-7-17)28-23(30)18-8-12-20(26)13-9-18/h3-15,22H,16H2,1-2H3,(H,27,31)(H,28,30). The topological polar surface area (TPSA) is 78.5 Å². The van der Waals surface area contributed by atoms with Crippen molar-refractivity contribution < 1.29 is 14.4 Å². The van der Waals surface area contributed by atoms with Gasteiger partial charge in [-0.1, -0.05) is 41.9 Å². The molecule has 0 spiro atoms. The number of hydrogen-bond donors (Lipinski definition) is 2. The van der Waals surface area contributed by atoms with Gasteiger partial charge in [-0.25, -0.2) is 0 Å². The number of nitrogens with zero attached hydrogens (tertiary/aromatic N) is 1. The number of anilines is 1. The lowest BCUT2D eigenvalue weighted by Crippen LogP contribution is -2.45. The number of nitrogens with one attached hydrogen (secondary N) is 2. The highest BCUT2D eigenvalue weighted by Gasteiger charge is 2.22. The Morgan fingerprint density at radius 3 is 2.03 bits per heavy atom. The molecule has 2 N–H and O–H groups in total. The number of hydrogen-bond acceptors (Lipinski definition) is 3. The van der Waals surface area contributed by atoms with E-state index >= 15 is 0 Å². The first kappa shape index (κ1) is 23.0. The van der Waals surface area contributed by atoms with Crippen LogP contribution in [0.15, 0.2) is 78.9 Å². The number of benzene rings is 3. The van der Waals surface area contributed by atoms with Gasteiger partial charge in [-0.3, -0.25) is 14.4 Å². The number of rotatable bonds is 7. The van der Waals surface area contributed by atoms with E-state index in [9.17, 15) is 14.4 Å². The quantitative estimate of drug-likeness (QED) is 0.571. The Labute approximate surface area is 192 Å². The van der Waals surface area contributed by atoms with Crippen LogP contribution in [0.3, 0.4) is 0 Å². The van der Waals surface area contributed by atoms with Gasteiger partial charge in [0.25, 0.3) is 11.8 Å². The summed E-state index contributed by atoms with van der Waals surface area (Å²) in [4.78, 5) is 39.3. The fraction of sp³-hybridized carbons (Fsp3) is 0.160. The molecule has 6 nitrogen and oxygen atoms in total. The number of amides is 3. The van der Waals surface area contributed by atoms with E-state index in [0.29, 0.717) is 28.3 Å². The van der Waals surface area contributed by atoms with Gasteiger partial charge in [0, 0.05) is 42.4 Å². The molecular formula is C25H24ClN3O3. The van der Waals surface area contributed by atoms with E-state index in [1.807, 2.05) is 30.3 Å². The van der Waals surface area contributed by atoms with Gasteiger partial charge in [0.1, 0.15) is 6.04 Å². The Kier molecular flexibility index (Phi) is 7.63. The van der Waals surface area contributed by atoms with Crippen LogP contribution in [0.4, 0.5) is 5.69 Å². The van der Waals surface area contributed by atoms with Crippen LogP contribution >= 0.6 is 11.6 Å². The van der Waals surface area contributed by atoms with Crippen molar-refractivity contribution in [3.8, 4) is 0 Å². The van der Waals surface area contributed by atoms with Crippen molar-refractivity contribution in [2.75, 3.05) is 19.4 Å². The fourth-order valence-corrected chi connectivity index (χ4v) is 3.21. The lowest BCUT2D eigenvalue weighted by Gasteiger charge is -2.19. The molecule has 1 unspecified atom stereocenters. The van der Waals surface area contributed by atoms with Crippen molar-refractivity contribution in [3.05, 3.63) is 101 Å². The predicted octanol–water partition coefficient (Wildman–Crippen LogP) is 4.02. The minimum atomic E-state index is -0.802. The van der Waals surface area contributed by atoms with Gasteiger partial charge in [-0.15, -0.1) is 0 Å². The molecule has 0 aromatic heterocycles. The molecule has 3 amide bonds. The normalized spacial score (nSPS) is 11.3. The number of carbonyl (C=O) groups excluding carboxylic acids is 3. The van der Waals surface area contributed by atoms with E-state index in [2.05, 4.69) is 10.6 Å². The lowest BCUT2D eigenvalue weighted by molar-refractivity contribution is -0.118. The molecular weight excluding hydrogens is 426 g/mol. The summed E-state index contributed by atoms with van der Waals surface area (Å²) >= 11 is 5.90. The summed E-state index contributed by atoms with van der Waals surface area (Å²) in [7, 11) is 3.35. The van der Waals surface area contributed by atoms with E-state index in [1.54, 1.807) is 62.6 Å². The van der Waals surface area contributed by atoms with Crippen molar-refractivity contribution in [2.24, 2.45) is 0 Å². The van der Waals surface area contributed by atoms with E-state index in [4.69, 9.17) is 11.6 Å². The molecule has 3 aromatic rings. The third kappa shape index (κ3) is 6.18. The van der Waals surface area contributed by atoms with Gasteiger partial charge >= 0.3 is 0 Å². The zero-order chi connectivity index (χ0) is 23.1. The Morgan fingerprint density at radius 1 is 0.844 bits per heavy atom. The molecule has 3 aromatic carbocycles. The van der Waals surface area contributed by atoms with E-state index in [-0.39, 0.29) is 17.7 Å². The summed E-state index contributed by atoms with van der Waals surface area (Å²) in [6.45, 7) is 0. The van der Waals surface area contributed by atoms with Crippen molar-refractivity contribution in [3.63, 3.8) is 0 Å². The second-order valence-corrected chi connectivity index (χ2v) is 7.93. The van der Waals surface area contributed by atoms with Crippen LogP contribution in [0.1, 0.15) is 26.3 Å². The van der Waals surface area contributed by atoms with Gasteiger partial charge in [-0.05, 0) is 54.1 Å². The van der Waals surface area contributed by atoms with Crippen LogP contribution in [0, 0.1) is 0 Å². The summed E-state index contributed by atoms with van der Waals surface area (Å²) in [5, 5.41) is 6.16. The second kappa shape index (κ2) is 10.6. The first-order valence-electron chi connectivity index (χ1n) is 10.1. The van der Waals surface area contributed by atoms with Crippen LogP contribution in [-0.4, -0.2) is 42.8 Å². The van der Waals surface area contributed by atoms with E-state index in [1.165, 1.54) is 4.90 Å². The maximum atomic E-state index is 13.0. The summed E-state index contributed by atoms with van der Waals surface area (Å²) in [6.07, 6.45) is 0.323. The van der Waals surface area contributed by atoms with Crippen LogP contribution in [0.25, 0.3) is 0 Å². The molecule has 3 rings (SSSR count). The second-order valence-electron chi connectivity index (χ2n) is 7.49. The molecule has 0 radical (unpaired) electrons. The molecule has 1 atom stereocenters. The predicted molar refractivity (Wildman–Crippen MR) is 126 cm³/mol. The fourth-order valence-electron chi connectivity index (χ4n) is 3.09. The smallest absolute Gasteiger partial charge is 0.253 e. The molecule has 0 bridgehead atoms.